The number of likely N-dealkylation sites (N-methyl/N-ethyl adjacent to an activating group) is 1. The third kappa shape index (κ3) is 8.08. The van der Waals surface area contributed by atoms with E-state index in [1.165, 1.54) is 0 Å². The number of nitrogens with one attached hydrogen (secondary N) is 2. The fourth-order valence-corrected chi connectivity index (χ4v) is 4.98. The van der Waals surface area contributed by atoms with Crippen LogP contribution < -0.4 is 15.4 Å². The van der Waals surface area contributed by atoms with Crippen LogP contribution in [0.5, 0.6) is 5.75 Å². The number of ether oxygens (including phenoxy) is 1. The number of amides is 3. The van der Waals surface area contributed by atoms with E-state index in [0.29, 0.717) is 42.3 Å². The number of anilines is 2. The highest BCUT2D eigenvalue weighted by atomic mass is 16.5. The van der Waals surface area contributed by atoms with Crippen LogP contribution in [0.1, 0.15) is 35.3 Å². The number of hydrogen-bond acceptors (Lipinski definition) is 6. The Morgan fingerprint density at radius 1 is 1.05 bits per heavy atom. The van der Waals surface area contributed by atoms with Gasteiger partial charge < -0.3 is 30.5 Å². The standard InChI is InChI=1S/C32H38N4O6/c1-21-17-36(22(2)20-37)30(38)16-25-15-27(34-32(41)33-26-7-5-4-6-8-26)13-14-28(25)42-29(21)19-35(3)18-23-9-11-24(12-10-23)31(39)40/h4-15,21-22,29,37H,16-20H2,1-3H3,(H,39,40)(H2,33,34,41)/t21-,22+,29-/m0/s1. The molecule has 4 rings (SSSR count). The van der Waals surface area contributed by atoms with Crippen LogP contribution in [0.3, 0.4) is 0 Å². The molecule has 222 valence electrons. The Morgan fingerprint density at radius 2 is 1.74 bits per heavy atom. The number of urea groups is 1. The number of nitrogens with zero attached hydrogens (tertiary/aromatic N) is 2. The molecule has 1 aliphatic rings. The lowest BCUT2D eigenvalue weighted by Gasteiger charge is -2.34. The van der Waals surface area contributed by atoms with E-state index in [2.05, 4.69) is 15.5 Å². The first-order valence-electron chi connectivity index (χ1n) is 14.0. The van der Waals surface area contributed by atoms with Crippen LogP contribution in [0.25, 0.3) is 0 Å². The Hall–Kier alpha value is -4.41. The van der Waals surface area contributed by atoms with Crippen molar-refractivity contribution >= 4 is 29.3 Å². The van der Waals surface area contributed by atoms with E-state index in [-0.39, 0.29) is 42.6 Å². The van der Waals surface area contributed by atoms with E-state index in [1.54, 1.807) is 59.5 Å². The minimum atomic E-state index is -0.965. The van der Waals surface area contributed by atoms with Gasteiger partial charge in [-0.25, -0.2) is 9.59 Å². The summed E-state index contributed by atoms with van der Waals surface area (Å²) in [6, 6.07) is 20.4. The number of rotatable bonds is 9. The molecule has 1 heterocycles. The number of carboxylic acid groups (broad SMARTS) is 1. The predicted molar refractivity (Wildman–Crippen MR) is 161 cm³/mol. The van der Waals surface area contributed by atoms with Crippen molar-refractivity contribution in [3.63, 3.8) is 0 Å². The Bertz CT molecular complexity index is 1380. The third-order valence-corrected chi connectivity index (χ3v) is 7.35. The molecule has 0 saturated heterocycles. The van der Waals surface area contributed by atoms with Crippen molar-refractivity contribution in [2.75, 3.05) is 37.4 Å². The van der Waals surface area contributed by atoms with Gasteiger partial charge in [-0.1, -0.05) is 37.3 Å². The Labute approximate surface area is 245 Å². The molecule has 3 amide bonds. The van der Waals surface area contributed by atoms with Crippen molar-refractivity contribution in [1.29, 1.82) is 0 Å². The van der Waals surface area contributed by atoms with E-state index in [4.69, 9.17) is 4.74 Å². The number of aromatic carboxylic acids is 1. The maximum absolute atomic E-state index is 13.5. The molecule has 4 N–H and O–H groups in total. The lowest BCUT2D eigenvalue weighted by Crippen LogP contribution is -2.47. The summed E-state index contributed by atoms with van der Waals surface area (Å²) in [6.07, 6.45) is -0.243. The van der Waals surface area contributed by atoms with Gasteiger partial charge in [-0.2, -0.15) is 0 Å². The van der Waals surface area contributed by atoms with Gasteiger partial charge in [-0.15, -0.1) is 0 Å². The van der Waals surface area contributed by atoms with Crippen LogP contribution in [0.2, 0.25) is 0 Å². The van der Waals surface area contributed by atoms with Gasteiger partial charge in [0.1, 0.15) is 11.9 Å². The van der Waals surface area contributed by atoms with Crippen molar-refractivity contribution in [2.45, 2.75) is 39.0 Å². The molecule has 3 aromatic rings. The number of carbonyl (C=O) groups excluding carboxylic acids is 2. The molecule has 0 radical (unpaired) electrons. The van der Waals surface area contributed by atoms with Crippen LogP contribution >= 0.6 is 0 Å². The second-order valence-corrected chi connectivity index (χ2v) is 10.9. The number of hydrogen-bond donors (Lipinski definition) is 4. The van der Waals surface area contributed by atoms with E-state index in [9.17, 15) is 24.6 Å². The molecule has 10 nitrogen and oxygen atoms in total. The number of aliphatic hydroxyl groups is 1. The molecule has 0 bridgehead atoms. The van der Waals surface area contributed by atoms with Crippen molar-refractivity contribution in [3.05, 3.63) is 89.5 Å². The molecule has 42 heavy (non-hydrogen) atoms. The monoisotopic (exact) mass is 574 g/mol. The smallest absolute Gasteiger partial charge is 0.335 e. The highest BCUT2D eigenvalue weighted by Gasteiger charge is 2.31. The summed E-state index contributed by atoms with van der Waals surface area (Å²) in [5.74, 6) is -0.605. The number of carboxylic acids is 1. The second-order valence-electron chi connectivity index (χ2n) is 10.9. The molecule has 0 saturated carbocycles. The molecule has 1 aliphatic heterocycles. The second kappa shape index (κ2) is 14.0. The summed E-state index contributed by atoms with van der Waals surface area (Å²) < 4.78 is 6.56. The van der Waals surface area contributed by atoms with Gasteiger partial charge in [0.2, 0.25) is 5.91 Å². The normalized spacial score (nSPS) is 17.7. The first-order chi connectivity index (χ1) is 20.1. The lowest BCUT2D eigenvalue weighted by molar-refractivity contribution is -0.134. The van der Waals surface area contributed by atoms with Gasteiger partial charge >= 0.3 is 12.0 Å². The summed E-state index contributed by atoms with van der Waals surface area (Å²) in [5, 5.41) is 24.7. The fourth-order valence-electron chi connectivity index (χ4n) is 4.98. The third-order valence-electron chi connectivity index (χ3n) is 7.35. The molecule has 0 aliphatic carbocycles. The molecule has 3 aromatic carbocycles. The maximum atomic E-state index is 13.5. The lowest BCUT2D eigenvalue weighted by atomic mass is 10.0. The predicted octanol–water partition coefficient (Wildman–Crippen LogP) is 4.31. The summed E-state index contributed by atoms with van der Waals surface area (Å²) in [6.45, 7) is 5.21. The van der Waals surface area contributed by atoms with E-state index >= 15 is 0 Å². The highest BCUT2D eigenvalue weighted by molar-refractivity contribution is 6.00. The number of carbonyl (C=O) groups is 3. The van der Waals surface area contributed by atoms with Crippen molar-refractivity contribution in [2.24, 2.45) is 5.92 Å². The zero-order chi connectivity index (χ0) is 30.2. The zero-order valence-electron chi connectivity index (χ0n) is 24.1. The van der Waals surface area contributed by atoms with Crippen LogP contribution in [-0.4, -0.2) is 76.8 Å². The molecule has 0 aromatic heterocycles. The zero-order valence-corrected chi connectivity index (χ0v) is 24.1. The van der Waals surface area contributed by atoms with Crippen molar-refractivity contribution < 1.29 is 29.3 Å². The van der Waals surface area contributed by atoms with Crippen molar-refractivity contribution in [1.82, 2.24) is 9.80 Å². The van der Waals surface area contributed by atoms with Crippen LogP contribution in [0, 0.1) is 5.92 Å². The number of aliphatic hydroxyl groups excluding tert-OH is 1. The average molecular weight is 575 g/mol. The first kappa shape index (κ1) is 30.5. The summed E-state index contributed by atoms with van der Waals surface area (Å²) in [7, 11) is 1.96. The van der Waals surface area contributed by atoms with Crippen LogP contribution in [0.15, 0.2) is 72.8 Å². The van der Waals surface area contributed by atoms with Gasteiger partial charge in [0, 0.05) is 42.5 Å². The number of fused-ring (bicyclic) bond motifs is 1. The average Bonchev–Trinajstić information content (AvgIpc) is 3.00. The number of benzene rings is 3. The fraction of sp³-hybridized carbons (Fsp3) is 0.344. The molecular formula is C32H38N4O6. The first-order valence-corrected chi connectivity index (χ1v) is 14.0. The molecule has 3 atom stereocenters. The van der Waals surface area contributed by atoms with E-state index in [0.717, 1.165) is 5.56 Å². The Balaban J connectivity index is 1.55. The van der Waals surface area contributed by atoms with Gasteiger partial charge in [-0.3, -0.25) is 9.69 Å². The number of para-hydroxylation sites is 1. The van der Waals surface area contributed by atoms with Gasteiger partial charge in [0.15, 0.2) is 0 Å². The largest absolute Gasteiger partial charge is 0.488 e. The van der Waals surface area contributed by atoms with Gasteiger partial charge in [0.25, 0.3) is 0 Å². The van der Waals surface area contributed by atoms with Gasteiger partial charge in [0.05, 0.1) is 24.6 Å². The minimum absolute atomic E-state index is 0.0563. The molecule has 0 fully saturated rings. The highest BCUT2D eigenvalue weighted by Crippen LogP contribution is 2.29. The maximum Gasteiger partial charge on any atom is 0.335 e. The Morgan fingerprint density at radius 3 is 2.40 bits per heavy atom. The SMILES string of the molecule is C[C@H](CO)N1C[C@H](C)[C@H](CN(C)Cc2ccc(C(=O)O)cc2)Oc2ccc(NC(=O)Nc3ccccc3)cc2CC1=O. The molecule has 0 unspecified atom stereocenters. The summed E-state index contributed by atoms with van der Waals surface area (Å²) in [4.78, 5) is 41.0. The van der Waals surface area contributed by atoms with Crippen LogP contribution in [0.4, 0.5) is 16.2 Å². The molecule has 10 heteroatoms. The van der Waals surface area contributed by atoms with E-state index in [1.807, 2.05) is 39.1 Å². The molecule has 0 spiro atoms. The van der Waals surface area contributed by atoms with E-state index < -0.39 is 12.0 Å². The summed E-state index contributed by atoms with van der Waals surface area (Å²) >= 11 is 0. The van der Waals surface area contributed by atoms with Crippen molar-refractivity contribution in [3.8, 4) is 5.75 Å². The summed E-state index contributed by atoms with van der Waals surface area (Å²) in [5.41, 5.74) is 3.02. The Kier molecular flexibility index (Phi) is 10.2. The van der Waals surface area contributed by atoms with Crippen LogP contribution in [-0.2, 0) is 17.8 Å². The topological polar surface area (TPSA) is 131 Å². The minimum Gasteiger partial charge on any atom is -0.488 e. The quantitative estimate of drug-likeness (QED) is 0.300. The van der Waals surface area contributed by atoms with Gasteiger partial charge in [-0.05, 0) is 62.0 Å². The molecular weight excluding hydrogens is 536 g/mol.